The van der Waals surface area contributed by atoms with Crippen molar-refractivity contribution in [2.24, 2.45) is 5.73 Å². The summed E-state index contributed by atoms with van der Waals surface area (Å²) in [5.74, 6) is -0.116. The molecule has 1 aromatic carbocycles. The molecule has 1 amide bonds. The predicted octanol–water partition coefficient (Wildman–Crippen LogP) is 1.78. The van der Waals surface area contributed by atoms with Crippen molar-refractivity contribution < 1.29 is 9.53 Å². The molecule has 4 nitrogen and oxygen atoms in total. The molecule has 1 fully saturated rings. The van der Waals surface area contributed by atoms with Gasteiger partial charge in [0, 0.05) is 6.54 Å². The van der Waals surface area contributed by atoms with Crippen LogP contribution in [0.1, 0.15) is 15.9 Å². The Balaban J connectivity index is 2.17. The van der Waals surface area contributed by atoms with Gasteiger partial charge in [0.05, 0.1) is 23.7 Å². The number of nitrogens with zero attached hydrogens (tertiary/aromatic N) is 1. The largest absolute Gasteiger partial charge is 0.391 e. The highest BCUT2D eigenvalue weighted by atomic mass is 35.5. The summed E-state index contributed by atoms with van der Waals surface area (Å²) in [6.07, 6.45) is -0.378. The molecule has 1 aliphatic heterocycles. The number of nitrogens with two attached hydrogens (primary N) is 1. The van der Waals surface area contributed by atoms with Crippen LogP contribution in [-0.2, 0) is 4.74 Å². The quantitative estimate of drug-likeness (QED) is 0.846. The SMILES string of the molecule is Cc1ccc(C(=O)N2CCOC(C(N)=S)C2)c(Cl)c1. The second-order valence-corrected chi connectivity index (χ2v) is 5.37. The van der Waals surface area contributed by atoms with Crippen molar-refractivity contribution >= 4 is 34.7 Å². The van der Waals surface area contributed by atoms with E-state index in [1.54, 1.807) is 17.0 Å². The minimum atomic E-state index is -0.378. The third-order valence-corrected chi connectivity index (χ3v) is 3.60. The average Bonchev–Trinajstić information content (AvgIpc) is 2.38. The highest BCUT2D eigenvalue weighted by Crippen LogP contribution is 2.20. The van der Waals surface area contributed by atoms with E-state index in [0.717, 1.165) is 5.56 Å². The Morgan fingerprint density at radius 2 is 2.32 bits per heavy atom. The molecule has 0 saturated carbocycles. The van der Waals surface area contributed by atoms with Gasteiger partial charge >= 0.3 is 0 Å². The zero-order valence-electron chi connectivity index (χ0n) is 10.6. The summed E-state index contributed by atoms with van der Waals surface area (Å²) in [5, 5.41) is 0.461. The monoisotopic (exact) mass is 298 g/mol. The summed E-state index contributed by atoms with van der Waals surface area (Å²) in [7, 11) is 0. The first kappa shape index (κ1) is 14.2. The number of thiocarbonyl (C=S) groups is 1. The summed E-state index contributed by atoms with van der Waals surface area (Å²) in [5.41, 5.74) is 7.07. The molecule has 1 aromatic rings. The molecule has 0 radical (unpaired) electrons. The van der Waals surface area contributed by atoms with Gasteiger partial charge in [-0.1, -0.05) is 29.9 Å². The van der Waals surface area contributed by atoms with E-state index in [2.05, 4.69) is 0 Å². The molecule has 19 heavy (non-hydrogen) atoms. The molecule has 1 aliphatic rings. The van der Waals surface area contributed by atoms with Gasteiger partial charge in [0.15, 0.2) is 0 Å². The molecule has 1 atom stereocenters. The Labute approximate surface area is 122 Å². The first-order chi connectivity index (χ1) is 8.99. The van der Waals surface area contributed by atoms with Gasteiger partial charge in [-0.3, -0.25) is 4.79 Å². The molecule has 1 saturated heterocycles. The predicted molar refractivity (Wildman–Crippen MR) is 78.6 cm³/mol. The maximum atomic E-state index is 12.4. The number of benzene rings is 1. The van der Waals surface area contributed by atoms with Gasteiger partial charge in [0.25, 0.3) is 5.91 Å². The number of aryl methyl sites for hydroxylation is 1. The number of hydrogen-bond donors (Lipinski definition) is 1. The number of morpholine rings is 1. The van der Waals surface area contributed by atoms with E-state index < -0.39 is 0 Å². The smallest absolute Gasteiger partial charge is 0.255 e. The minimum Gasteiger partial charge on any atom is -0.391 e. The van der Waals surface area contributed by atoms with Crippen molar-refractivity contribution in [2.45, 2.75) is 13.0 Å². The number of amides is 1. The zero-order chi connectivity index (χ0) is 14.0. The highest BCUT2D eigenvalue weighted by Gasteiger charge is 2.27. The normalized spacial score (nSPS) is 19.3. The van der Waals surface area contributed by atoms with Gasteiger partial charge in [0.1, 0.15) is 11.1 Å². The molecule has 0 aromatic heterocycles. The number of halogens is 1. The number of hydrogen-bond acceptors (Lipinski definition) is 3. The Hall–Kier alpha value is -1.17. The van der Waals surface area contributed by atoms with E-state index in [1.165, 1.54) is 0 Å². The van der Waals surface area contributed by atoms with Crippen molar-refractivity contribution in [3.8, 4) is 0 Å². The maximum absolute atomic E-state index is 12.4. The van der Waals surface area contributed by atoms with Crippen molar-refractivity contribution in [3.63, 3.8) is 0 Å². The Kier molecular flexibility index (Phi) is 4.39. The van der Waals surface area contributed by atoms with Crippen molar-refractivity contribution in [1.29, 1.82) is 0 Å². The molecule has 102 valence electrons. The number of rotatable bonds is 2. The average molecular weight is 299 g/mol. The van der Waals surface area contributed by atoms with Crippen LogP contribution >= 0.6 is 23.8 Å². The number of carbonyl (C=O) groups excluding carboxylic acids is 1. The number of ether oxygens (including phenoxy) is 1. The van der Waals surface area contributed by atoms with Crippen LogP contribution in [-0.4, -0.2) is 41.6 Å². The number of carbonyl (C=O) groups is 1. The zero-order valence-corrected chi connectivity index (χ0v) is 12.1. The Morgan fingerprint density at radius 1 is 1.58 bits per heavy atom. The molecular formula is C13H15ClN2O2S. The van der Waals surface area contributed by atoms with E-state index in [1.807, 2.05) is 13.0 Å². The topological polar surface area (TPSA) is 55.6 Å². The summed E-state index contributed by atoms with van der Waals surface area (Å²) in [6.45, 7) is 3.25. The minimum absolute atomic E-state index is 0.116. The molecule has 1 unspecified atom stereocenters. The van der Waals surface area contributed by atoms with Crippen molar-refractivity contribution in [2.75, 3.05) is 19.7 Å². The standard InChI is InChI=1S/C13H15ClN2O2S/c1-8-2-3-9(10(14)6-8)13(17)16-4-5-18-11(7-16)12(15)19/h2-3,6,11H,4-5,7H2,1H3,(H2,15,19). The molecule has 6 heteroatoms. The van der Waals surface area contributed by atoms with Crippen LogP contribution in [0, 0.1) is 6.92 Å². The summed E-state index contributed by atoms with van der Waals surface area (Å²) < 4.78 is 5.41. The molecule has 1 heterocycles. The van der Waals surface area contributed by atoms with Gasteiger partial charge < -0.3 is 15.4 Å². The first-order valence-corrected chi connectivity index (χ1v) is 6.74. The molecule has 0 spiro atoms. The first-order valence-electron chi connectivity index (χ1n) is 5.95. The van der Waals surface area contributed by atoms with Gasteiger partial charge in [0.2, 0.25) is 0 Å². The third-order valence-electron chi connectivity index (χ3n) is 3.03. The molecular weight excluding hydrogens is 284 g/mol. The summed E-state index contributed by atoms with van der Waals surface area (Å²) in [6, 6.07) is 5.39. The van der Waals surface area contributed by atoms with Crippen molar-refractivity contribution in [1.82, 2.24) is 4.90 Å². The fourth-order valence-corrected chi connectivity index (χ4v) is 2.43. The lowest BCUT2D eigenvalue weighted by Crippen LogP contribution is -2.50. The molecule has 0 bridgehead atoms. The van der Waals surface area contributed by atoms with Gasteiger partial charge in [-0.15, -0.1) is 0 Å². The van der Waals surface area contributed by atoms with Gasteiger partial charge in [-0.2, -0.15) is 0 Å². The maximum Gasteiger partial charge on any atom is 0.255 e. The van der Waals surface area contributed by atoms with E-state index in [-0.39, 0.29) is 17.0 Å². The Bertz CT molecular complexity index is 521. The summed E-state index contributed by atoms with van der Waals surface area (Å²) >= 11 is 11.0. The lowest BCUT2D eigenvalue weighted by molar-refractivity contribution is 0.00879. The highest BCUT2D eigenvalue weighted by molar-refractivity contribution is 7.80. The molecule has 2 N–H and O–H groups in total. The van der Waals surface area contributed by atoms with Crippen LogP contribution in [0.3, 0.4) is 0 Å². The molecule has 0 aliphatic carbocycles. The van der Waals surface area contributed by atoms with Crippen molar-refractivity contribution in [3.05, 3.63) is 34.3 Å². The van der Waals surface area contributed by atoms with Crippen LogP contribution in [0.25, 0.3) is 0 Å². The fraction of sp³-hybridized carbons (Fsp3) is 0.385. The third kappa shape index (κ3) is 3.23. The Morgan fingerprint density at radius 3 is 2.95 bits per heavy atom. The van der Waals surface area contributed by atoms with Crippen LogP contribution in [0.5, 0.6) is 0 Å². The second-order valence-electron chi connectivity index (χ2n) is 4.50. The van der Waals surface area contributed by atoms with Crippen LogP contribution in [0.4, 0.5) is 0 Å². The van der Waals surface area contributed by atoms with E-state index in [0.29, 0.717) is 30.3 Å². The molecule has 2 rings (SSSR count). The lowest BCUT2D eigenvalue weighted by Gasteiger charge is -2.32. The van der Waals surface area contributed by atoms with E-state index >= 15 is 0 Å². The fourth-order valence-electron chi connectivity index (χ4n) is 1.97. The lowest BCUT2D eigenvalue weighted by atomic mass is 10.1. The van der Waals surface area contributed by atoms with Crippen LogP contribution in [0.2, 0.25) is 5.02 Å². The van der Waals surface area contributed by atoms with Gasteiger partial charge in [-0.05, 0) is 24.6 Å². The summed E-state index contributed by atoms with van der Waals surface area (Å²) in [4.78, 5) is 14.3. The van der Waals surface area contributed by atoms with Gasteiger partial charge in [-0.25, -0.2) is 0 Å². The van der Waals surface area contributed by atoms with Crippen LogP contribution in [0.15, 0.2) is 18.2 Å². The van der Waals surface area contributed by atoms with E-state index in [9.17, 15) is 4.79 Å². The van der Waals surface area contributed by atoms with E-state index in [4.69, 9.17) is 34.3 Å². The van der Waals surface area contributed by atoms with Crippen LogP contribution < -0.4 is 5.73 Å². The second kappa shape index (κ2) is 5.86.